The Balaban J connectivity index is 2.97. The minimum Gasteiger partial charge on any atom is -0.495 e. The third-order valence-electron chi connectivity index (χ3n) is 2.78. The van der Waals surface area contributed by atoms with Gasteiger partial charge in [0.25, 0.3) is 0 Å². The molecule has 1 rings (SSSR count). The second-order valence-corrected chi connectivity index (χ2v) is 6.26. The highest BCUT2D eigenvalue weighted by Crippen LogP contribution is 2.27. The van der Waals surface area contributed by atoms with Crippen molar-refractivity contribution in [2.45, 2.75) is 18.2 Å². The van der Waals surface area contributed by atoms with Gasteiger partial charge in [-0.2, -0.15) is 0 Å². The van der Waals surface area contributed by atoms with Gasteiger partial charge < -0.3 is 9.84 Å². The summed E-state index contributed by atoms with van der Waals surface area (Å²) >= 11 is 5.76. The van der Waals surface area contributed by atoms with E-state index in [1.54, 1.807) is 6.92 Å². The molecule has 0 bridgehead atoms. The van der Waals surface area contributed by atoms with E-state index in [1.165, 1.54) is 25.3 Å². The molecule has 0 saturated heterocycles. The molecule has 0 aliphatic heterocycles. The lowest BCUT2D eigenvalue weighted by Crippen LogP contribution is -2.32. The molecule has 0 spiro atoms. The Labute approximate surface area is 122 Å². The molecule has 1 atom stereocenters. The largest absolute Gasteiger partial charge is 0.495 e. The SMILES string of the molecule is CCC(CNS(=O)(=O)c1ccc(Cl)cc1OC)C(=O)O. The van der Waals surface area contributed by atoms with Crippen LogP contribution in [0.5, 0.6) is 5.75 Å². The van der Waals surface area contributed by atoms with Crippen LogP contribution >= 0.6 is 11.6 Å². The molecule has 0 heterocycles. The fourth-order valence-corrected chi connectivity index (χ4v) is 2.95. The van der Waals surface area contributed by atoms with E-state index in [-0.39, 0.29) is 17.2 Å². The van der Waals surface area contributed by atoms with E-state index >= 15 is 0 Å². The molecule has 0 saturated carbocycles. The summed E-state index contributed by atoms with van der Waals surface area (Å²) in [5.74, 6) is -1.71. The molecule has 1 aromatic carbocycles. The van der Waals surface area contributed by atoms with Gasteiger partial charge in [0, 0.05) is 17.6 Å². The van der Waals surface area contributed by atoms with E-state index in [9.17, 15) is 13.2 Å². The Kier molecular flexibility index (Phi) is 5.79. The highest BCUT2D eigenvalue weighted by Gasteiger charge is 2.23. The molecule has 0 amide bonds. The van der Waals surface area contributed by atoms with E-state index in [4.69, 9.17) is 21.4 Å². The van der Waals surface area contributed by atoms with Gasteiger partial charge in [-0.25, -0.2) is 13.1 Å². The van der Waals surface area contributed by atoms with E-state index in [2.05, 4.69) is 4.72 Å². The van der Waals surface area contributed by atoms with Gasteiger partial charge in [0.2, 0.25) is 10.0 Å². The molecule has 8 heteroatoms. The van der Waals surface area contributed by atoms with Crippen LogP contribution in [0.1, 0.15) is 13.3 Å². The molecule has 0 aliphatic carbocycles. The van der Waals surface area contributed by atoms with Gasteiger partial charge >= 0.3 is 5.97 Å². The van der Waals surface area contributed by atoms with E-state index in [1.807, 2.05) is 0 Å². The van der Waals surface area contributed by atoms with Crippen molar-refractivity contribution in [1.29, 1.82) is 0 Å². The lowest BCUT2D eigenvalue weighted by atomic mass is 10.1. The van der Waals surface area contributed by atoms with Crippen LogP contribution in [0.4, 0.5) is 0 Å². The number of hydrogen-bond donors (Lipinski definition) is 2. The number of aliphatic carboxylic acids is 1. The highest BCUT2D eigenvalue weighted by atomic mass is 35.5. The minimum absolute atomic E-state index is 0.0790. The van der Waals surface area contributed by atoms with Gasteiger partial charge in [0.05, 0.1) is 13.0 Å². The number of nitrogens with one attached hydrogen (secondary N) is 1. The van der Waals surface area contributed by atoms with Gasteiger partial charge in [-0.05, 0) is 18.6 Å². The van der Waals surface area contributed by atoms with Crippen LogP contribution in [0, 0.1) is 5.92 Å². The highest BCUT2D eigenvalue weighted by molar-refractivity contribution is 7.89. The van der Waals surface area contributed by atoms with Gasteiger partial charge in [-0.3, -0.25) is 4.79 Å². The lowest BCUT2D eigenvalue weighted by Gasteiger charge is -2.13. The van der Waals surface area contributed by atoms with E-state index < -0.39 is 21.9 Å². The number of benzene rings is 1. The summed E-state index contributed by atoms with van der Waals surface area (Å²) in [6.07, 6.45) is 0.329. The summed E-state index contributed by atoms with van der Waals surface area (Å²) in [5, 5.41) is 9.25. The maximum Gasteiger partial charge on any atom is 0.307 e. The van der Waals surface area contributed by atoms with Crippen molar-refractivity contribution in [3.8, 4) is 5.75 Å². The zero-order chi connectivity index (χ0) is 15.3. The van der Waals surface area contributed by atoms with Crippen LogP contribution in [0.3, 0.4) is 0 Å². The molecule has 1 unspecified atom stereocenters. The fraction of sp³-hybridized carbons (Fsp3) is 0.417. The molecule has 6 nitrogen and oxygen atoms in total. The first-order valence-electron chi connectivity index (χ1n) is 5.87. The Bertz CT molecular complexity index is 588. The maximum atomic E-state index is 12.1. The third kappa shape index (κ3) is 4.09. The third-order valence-corrected chi connectivity index (χ3v) is 4.48. The molecule has 0 aromatic heterocycles. The van der Waals surface area contributed by atoms with E-state index in [0.717, 1.165) is 0 Å². The smallest absolute Gasteiger partial charge is 0.307 e. The monoisotopic (exact) mass is 321 g/mol. The first kappa shape index (κ1) is 16.7. The first-order valence-corrected chi connectivity index (χ1v) is 7.74. The molecular formula is C12H16ClNO5S. The zero-order valence-electron chi connectivity index (χ0n) is 11.1. The van der Waals surface area contributed by atoms with Gasteiger partial charge in [-0.1, -0.05) is 18.5 Å². The molecule has 0 fully saturated rings. The molecule has 112 valence electrons. The normalized spacial score (nSPS) is 12.9. The fourth-order valence-electron chi connectivity index (χ4n) is 1.56. The Morgan fingerprint density at radius 3 is 2.65 bits per heavy atom. The Hall–Kier alpha value is -1.31. The van der Waals surface area contributed by atoms with Crippen molar-refractivity contribution in [3.05, 3.63) is 23.2 Å². The molecule has 0 radical (unpaired) electrons. The van der Waals surface area contributed by atoms with Gasteiger partial charge in [-0.15, -0.1) is 0 Å². The van der Waals surface area contributed by atoms with Crippen LogP contribution in [0.15, 0.2) is 23.1 Å². The number of hydrogen-bond acceptors (Lipinski definition) is 4. The predicted octanol–water partition coefficient (Wildman–Crippen LogP) is 1.74. The summed E-state index contributed by atoms with van der Waals surface area (Å²) < 4.78 is 31.5. The van der Waals surface area contributed by atoms with Crippen molar-refractivity contribution in [2.24, 2.45) is 5.92 Å². The standard InChI is InChI=1S/C12H16ClNO5S/c1-3-8(12(15)16)7-14-20(17,18)11-5-4-9(13)6-10(11)19-2/h4-6,8,14H,3,7H2,1-2H3,(H,15,16). The van der Waals surface area contributed by atoms with Crippen LogP contribution in [0.25, 0.3) is 0 Å². The molecule has 20 heavy (non-hydrogen) atoms. The number of methoxy groups -OCH3 is 1. The Morgan fingerprint density at radius 2 is 2.15 bits per heavy atom. The number of halogens is 1. The van der Waals surface area contributed by atoms with Crippen molar-refractivity contribution < 1.29 is 23.1 Å². The average molecular weight is 322 g/mol. The van der Waals surface area contributed by atoms with Crippen molar-refractivity contribution in [1.82, 2.24) is 4.72 Å². The van der Waals surface area contributed by atoms with Crippen molar-refractivity contribution in [2.75, 3.05) is 13.7 Å². The van der Waals surface area contributed by atoms with Crippen LogP contribution < -0.4 is 9.46 Å². The summed E-state index contributed by atoms with van der Waals surface area (Å²) in [6, 6.07) is 4.11. The van der Waals surface area contributed by atoms with Gasteiger partial charge in [0.15, 0.2) is 0 Å². The van der Waals surface area contributed by atoms with Crippen LogP contribution in [-0.2, 0) is 14.8 Å². The molecule has 0 aliphatic rings. The van der Waals surface area contributed by atoms with Crippen molar-refractivity contribution in [3.63, 3.8) is 0 Å². The maximum absolute atomic E-state index is 12.1. The van der Waals surface area contributed by atoms with Crippen molar-refractivity contribution >= 4 is 27.6 Å². The topological polar surface area (TPSA) is 92.7 Å². The summed E-state index contributed by atoms with van der Waals surface area (Å²) in [5.41, 5.74) is 0. The number of carboxylic acid groups (broad SMARTS) is 1. The predicted molar refractivity (Wildman–Crippen MR) is 74.6 cm³/mol. The number of ether oxygens (including phenoxy) is 1. The first-order chi connectivity index (χ1) is 9.31. The van der Waals surface area contributed by atoms with E-state index in [0.29, 0.717) is 11.4 Å². The minimum atomic E-state index is -3.86. The van der Waals surface area contributed by atoms with Gasteiger partial charge in [0.1, 0.15) is 10.6 Å². The quantitative estimate of drug-likeness (QED) is 0.798. The molecule has 1 aromatic rings. The second kappa shape index (κ2) is 6.92. The second-order valence-electron chi connectivity index (χ2n) is 4.09. The average Bonchev–Trinajstić information content (AvgIpc) is 2.38. The summed E-state index contributed by atoms with van der Waals surface area (Å²) in [4.78, 5) is 10.8. The van der Waals surface area contributed by atoms with Crippen LogP contribution in [0.2, 0.25) is 5.02 Å². The molecular weight excluding hydrogens is 306 g/mol. The molecule has 2 N–H and O–H groups in total. The van der Waals surface area contributed by atoms with Crippen LogP contribution in [-0.4, -0.2) is 33.1 Å². The number of carbonyl (C=O) groups is 1. The summed E-state index contributed by atoms with van der Waals surface area (Å²) in [7, 11) is -2.53. The summed E-state index contributed by atoms with van der Waals surface area (Å²) in [6.45, 7) is 1.50. The number of rotatable bonds is 7. The number of sulfonamides is 1. The Morgan fingerprint density at radius 1 is 1.50 bits per heavy atom. The lowest BCUT2D eigenvalue weighted by molar-refractivity contribution is -0.141. The zero-order valence-corrected chi connectivity index (χ0v) is 12.7. The number of carboxylic acids is 1.